The summed E-state index contributed by atoms with van der Waals surface area (Å²) in [4.78, 5) is 2.34. The van der Waals surface area contributed by atoms with E-state index in [1.54, 1.807) is 7.11 Å². The monoisotopic (exact) mass is 274 g/mol. The van der Waals surface area contributed by atoms with Crippen molar-refractivity contribution in [1.29, 1.82) is 0 Å². The molecule has 1 fully saturated rings. The summed E-state index contributed by atoms with van der Waals surface area (Å²) in [7, 11) is 1.73. The van der Waals surface area contributed by atoms with Gasteiger partial charge in [0.1, 0.15) is 0 Å². The number of ether oxygens (including phenoxy) is 2. The number of hydrogen-bond acceptors (Lipinski definition) is 5. The van der Waals surface area contributed by atoms with Crippen molar-refractivity contribution in [3.05, 3.63) is 0 Å². The van der Waals surface area contributed by atoms with Crippen molar-refractivity contribution in [1.82, 2.24) is 10.2 Å². The van der Waals surface area contributed by atoms with E-state index in [1.807, 2.05) is 6.92 Å². The molecule has 0 aromatic rings. The number of rotatable bonds is 10. The van der Waals surface area contributed by atoms with Gasteiger partial charge in [0, 0.05) is 26.8 Å². The molecule has 0 aromatic carbocycles. The van der Waals surface area contributed by atoms with Gasteiger partial charge in [-0.2, -0.15) is 0 Å². The van der Waals surface area contributed by atoms with Crippen LogP contribution in [0.2, 0.25) is 0 Å². The van der Waals surface area contributed by atoms with E-state index in [-0.39, 0.29) is 6.10 Å². The first-order chi connectivity index (χ1) is 9.26. The van der Waals surface area contributed by atoms with E-state index >= 15 is 0 Å². The lowest BCUT2D eigenvalue weighted by Crippen LogP contribution is -2.42. The minimum Gasteiger partial charge on any atom is -0.389 e. The van der Waals surface area contributed by atoms with Gasteiger partial charge in [-0.05, 0) is 45.3 Å². The van der Waals surface area contributed by atoms with Gasteiger partial charge in [-0.1, -0.05) is 0 Å². The van der Waals surface area contributed by atoms with Crippen LogP contribution in [-0.2, 0) is 9.47 Å². The van der Waals surface area contributed by atoms with Crippen molar-refractivity contribution in [2.24, 2.45) is 5.92 Å². The Labute approximate surface area is 117 Å². The maximum absolute atomic E-state index is 9.81. The van der Waals surface area contributed by atoms with Crippen LogP contribution in [0, 0.1) is 5.92 Å². The third kappa shape index (κ3) is 7.84. The molecule has 0 radical (unpaired) electrons. The summed E-state index contributed by atoms with van der Waals surface area (Å²) >= 11 is 0. The van der Waals surface area contributed by atoms with Crippen LogP contribution < -0.4 is 5.32 Å². The maximum Gasteiger partial charge on any atom is 0.0900 e. The topological polar surface area (TPSA) is 54.0 Å². The molecule has 19 heavy (non-hydrogen) atoms. The lowest BCUT2D eigenvalue weighted by molar-refractivity contribution is 0.0146. The van der Waals surface area contributed by atoms with Crippen LogP contribution in [0.3, 0.4) is 0 Å². The molecular weight excluding hydrogens is 244 g/mol. The second-order valence-electron chi connectivity index (χ2n) is 5.25. The van der Waals surface area contributed by atoms with Crippen molar-refractivity contribution >= 4 is 0 Å². The van der Waals surface area contributed by atoms with Gasteiger partial charge >= 0.3 is 0 Å². The van der Waals surface area contributed by atoms with Gasteiger partial charge in [-0.25, -0.2) is 0 Å². The van der Waals surface area contributed by atoms with Gasteiger partial charge in [0.2, 0.25) is 0 Å². The van der Waals surface area contributed by atoms with Gasteiger partial charge in [-0.3, -0.25) is 0 Å². The molecule has 1 saturated heterocycles. The third-order valence-corrected chi connectivity index (χ3v) is 3.61. The number of hydrogen-bond donors (Lipinski definition) is 2. The Kier molecular flexibility index (Phi) is 9.38. The number of aliphatic hydroxyl groups is 1. The average molecular weight is 274 g/mol. The molecule has 5 nitrogen and oxygen atoms in total. The number of aliphatic hydroxyl groups excluding tert-OH is 1. The second-order valence-corrected chi connectivity index (χ2v) is 5.25. The number of methoxy groups -OCH3 is 1. The van der Waals surface area contributed by atoms with Crippen LogP contribution in [-0.4, -0.2) is 75.8 Å². The Morgan fingerprint density at radius 2 is 2.11 bits per heavy atom. The number of β-amino-alcohol motifs (C(OH)–C–C–N with tert-alkyl or cyclic N) is 1. The fourth-order valence-corrected chi connectivity index (χ4v) is 2.46. The first-order valence-electron chi connectivity index (χ1n) is 7.44. The van der Waals surface area contributed by atoms with Crippen molar-refractivity contribution in [3.8, 4) is 0 Å². The summed E-state index contributed by atoms with van der Waals surface area (Å²) in [5, 5.41) is 13.2. The summed E-state index contributed by atoms with van der Waals surface area (Å²) < 4.78 is 10.2. The highest BCUT2D eigenvalue weighted by molar-refractivity contribution is 4.75. The van der Waals surface area contributed by atoms with Gasteiger partial charge in [-0.15, -0.1) is 0 Å². The molecule has 114 valence electrons. The summed E-state index contributed by atoms with van der Waals surface area (Å²) in [5.74, 6) is 0.761. The highest BCUT2D eigenvalue weighted by atomic mass is 16.5. The molecule has 0 spiro atoms. The first kappa shape index (κ1) is 16.9. The minimum absolute atomic E-state index is 0.351. The van der Waals surface area contributed by atoms with Crippen molar-refractivity contribution in [2.45, 2.75) is 25.9 Å². The van der Waals surface area contributed by atoms with E-state index in [2.05, 4.69) is 10.2 Å². The molecule has 0 aliphatic carbocycles. The summed E-state index contributed by atoms with van der Waals surface area (Å²) in [6.45, 7) is 8.78. The van der Waals surface area contributed by atoms with E-state index in [0.717, 1.165) is 45.2 Å². The molecule has 1 aliphatic rings. The van der Waals surface area contributed by atoms with Gasteiger partial charge in [0.15, 0.2) is 0 Å². The zero-order valence-corrected chi connectivity index (χ0v) is 12.4. The van der Waals surface area contributed by atoms with Crippen molar-refractivity contribution in [3.63, 3.8) is 0 Å². The fourth-order valence-electron chi connectivity index (χ4n) is 2.46. The van der Waals surface area contributed by atoms with E-state index in [0.29, 0.717) is 13.2 Å². The first-order valence-corrected chi connectivity index (χ1v) is 7.44. The average Bonchev–Trinajstić information content (AvgIpc) is 2.43. The fraction of sp³-hybridized carbons (Fsp3) is 1.00. The number of likely N-dealkylation sites (tertiary alicyclic amines) is 1. The molecule has 0 saturated carbocycles. The van der Waals surface area contributed by atoms with E-state index in [9.17, 15) is 5.11 Å². The van der Waals surface area contributed by atoms with Gasteiger partial charge < -0.3 is 24.8 Å². The molecule has 2 N–H and O–H groups in total. The predicted octanol–water partition coefficient (Wildman–Crippen LogP) is 0.332. The number of nitrogens with zero attached hydrogens (tertiary/aromatic N) is 1. The number of nitrogens with one attached hydrogen (secondary N) is 1. The molecule has 0 amide bonds. The van der Waals surface area contributed by atoms with Crippen LogP contribution in [0.15, 0.2) is 0 Å². The largest absolute Gasteiger partial charge is 0.389 e. The van der Waals surface area contributed by atoms with Crippen molar-refractivity contribution < 1.29 is 14.6 Å². The van der Waals surface area contributed by atoms with E-state index < -0.39 is 0 Å². The van der Waals surface area contributed by atoms with Crippen LogP contribution in [0.5, 0.6) is 0 Å². The zero-order valence-electron chi connectivity index (χ0n) is 12.4. The standard InChI is InChI=1S/C14H30N2O3/c1-3-19-12-14(17)11-16-7-4-13(5-8-16)10-15-6-9-18-2/h13-15,17H,3-12H2,1-2H3. The van der Waals surface area contributed by atoms with Gasteiger partial charge in [0.05, 0.1) is 19.3 Å². The van der Waals surface area contributed by atoms with E-state index in [1.165, 1.54) is 12.8 Å². The zero-order chi connectivity index (χ0) is 13.9. The molecule has 0 bridgehead atoms. The smallest absolute Gasteiger partial charge is 0.0900 e. The molecule has 1 unspecified atom stereocenters. The molecule has 1 atom stereocenters. The molecule has 1 aliphatic heterocycles. The van der Waals surface area contributed by atoms with Crippen molar-refractivity contribution in [2.75, 3.05) is 59.7 Å². The Morgan fingerprint density at radius 1 is 1.37 bits per heavy atom. The summed E-state index contributed by atoms with van der Waals surface area (Å²) in [5.41, 5.74) is 0. The Bertz CT molecular complexity index is 209. The van der Waals surface area contributed by atoms with Crippen LogP contribution in [0.1, 0.15) is 19.8 Å². The summed E-state index contributed by atoms with van der Waals surface area (Å²) in [6.07, 6.45) is 2.07. The Hall–Kier alpha value is -0.200. The Morgan fingerprint density at radius 3 is 2.74 bits per heavy atom. The van der Waals surface area contributed by atoms with Gasteiger partial charge in [0.25, 0.3) is 0 Å². The molecular formula is C14H30N2O3. The molecule has 1 heterocycles. The minimum atomic E-state index is -0.351. The molecule has 5 heteroatoms. The van der Waals surface area contributed by atoms with E-state index in [4.69, 9.17) is 9.47 Å². The lowest BCUT2D eigenvalue weighted by Gasteiger charge is -2.33. The lowest BCUT2D eigenvalue weighted by atomic mass is 9.96. The Balaban J connectivity index is 2.04. The third-order valence-electron chi connectivity index (χ3n) is 3.61. The predicted molar refractivity (Wildman–Crippen MR) is 76.4 cm³/mol. The SMILES string of the molecule is CCOCC(O)CN1CCC(CNCCOC)CC1. The van der Waals surface area contributed by atoms with Crippen LogP contribution >= 0.6 is 0 Å². The summed E-state index contributed by atoms with van der Waals surface area (Å²) in [6, 6.07) is 0. The quantitative estimate of drug-likeness (QED) is 0.562. The van der Waals surface area contributed by atoms with Crippen LogP contribution in [0.25, 0.3) is 0 Å². The highest BCUT2D eigenvalue weighted by Crippen LogP contribution is 2.16. The highest BCUT2D eigenvalue weighted by Gasteiger charge is 2.20. The molecule has 1 rings (SSSR count). The normalized spacial score (nSPS) is 19.7. The van der Waals surface area contributed by atoms with Crippen LogP contribution in [0.4, 0.5) is 0 Å². The molecule has 0 aromatic heterocycles. The maximum atomic E-state index is 9.81. The second kappa shape index (κ2) is 10.6. The number of piperidine rings is 1.